The van der Waals surface area contributed by atoms with E-state index in [4.69, 9.17) is 15.2 Å². The highest BCUT2D eigenvalue weighted by molar-refractivity contribution is 7.99. The van der Waals surface area contributed by atoms with Gasteiger partial charge in [-0.3, -0.25) is 0 Å². The Hall–Kier alpha value is -0.710. The molecule has 19 heavy (non-hydrogen) atoms. The first kappa shape index (κ1) is 14.7. The van der Waals surface area contributed by atoms with Gasteiger partial charge >= 0.3 is 0 Å². The Morgan fingerprint density at radius 3 is 2.84 bits per heavy atom. The topological polar surface area (TPSA) is 44.5 Å². The normalized spacial score (nSPS) is 20.4. The molecule has 1 aromatic rings. The van der Waals surface area contributed by atoms with E-state index in [0.717, 1.165) is 23.9 Å². The smallest absolute Gasteiger partial charge is 0.119 e. The van der Waals surface area contributed by atoms with Crippen LogP contribution in [0.5, 0.6) is 5.75 Å². The first-order valence-electron chi connectivity index (χ1n) is 6.97. The van der Waals surface area contributed by atoms with E-state index in [2.05, 4.69) is 12.1 Å². The zero-order chi connectivity index (χ0) is 13.5. The van der Waals surface area contributed by atoms with Gasteiger partial charge in [-0.2, -0.15) is 11.8 Å². The molecule has 0 bridgehead atoms. The second-order valence-electron chi connectivity index (χ2n) is 4.78. The van der Waals surface area contributed by atoms with Crippen LogP contribution in [0.2, 0.25) is 0 Å². The number of rotatable bonds is 7. The number of benzene rings is 1. The van der Waals surface area contributed by atoms with Gasteiger partial charge in [-0.25, -0.2) is 0 Å². The van der Waals surface area contributed by atoms with Crippen LogP contribution >= 0.6 is 11.8 Å². The minimum absolute atomic E-state index is 0.0853. The van der Waals surface area contributed by atoms with Crippen molar-refractivity contribution in [1.29, 1.82) is 0 Å². The molecular formula is C15H23NO2S. The fraction of sp³-hybridized carbons (Fsp3) is 0.600. The zero-order valence-electron chi connectivity index (χ0n) is 11.5. The molecule has 1 fully saturated rings. The van der Waals surface area contributed by atoms with Crippen LogP contribution in [0.15, 0.2) is 24.3 Å². The molecule has 2 unspecified atom stereocenters. The summed E-state index contributed by atoms with van der Waals surface area (Å²) in [6, 6.07) is 8.18. The molecular weight excluding hydrogens is 258 g/mol. The molecule has 0 spiro atoms. The maximum atomic E-state index is 6.20. The van der Waals surface area contributed by atoms with Crippen molar-refractivity contribution in [2.45, 2.75) is 31.9 Å². The van der Waals surface area contributed by atoms with Crippen molar-refractivity contribution in [2.24, 2.45) is 5.73 Å². The lowest BCUT2D eigenvalue weighted by atomic mass is 10.1. The van der Waals surface area contributed by atoms with E-state index in [1.807, 2.05) is 30.8 Å². The molecule has 1 aliphatic rings. The quantitative estimate of drug-likeness (QED) is 0.834. The van der Waals surface area contributed by atoms with Gasteiger partial charge in [-0.1, -0.05) is 12.1 Å². The molecule has 2 N–H and O–H groups in total. The first-order valence-corrected chi connectivity index (χ1v) is 8.12. The summed E-state index contributed by atoms with van der Waals surface area (Å²) in [5.74, 6) is 2.91. The Kier molecular flexibility index (Phi) is 6.01. The minimum Gasteiger partial charge on any atom is -0.494 e. The second-order valence-corrected chi connectivity index (χ2v) is 5.86. The van der Waals surface area contributed by atoms with Crippen molar-refractivity contribution in [3.63, 3.8) is 0 Å². The molecule has 1 aromatic carbocycles. The van der Waals surface area contributed by atoms with Crippen LogP contribution in [0.3, 0.4) is 0 Å². The average Bonchev–Trinajstić information content (AvgIpc) is 2.93. The monoisotopic (exact) mass is 281 g/mol. The van der Waals surface area contributed by atoms with Crippen LogP contribution in [0.1, 0.15) is 31.4 Å². The van der Waals surface area contributed by atoms with Crippen LogP contribution in [0.25, 0.3) is 0 Å². The molecule has 1 saturated heterocycles. The predicted molar refractivity (Wildman–Crippen MR) is 80.8 cm³/mol. The highest BCUT2D eigenvalue weighted by atomic mass is 32.2. The summed E-state index contributed by atoms with van der Waals surface area (Å²) in [4.78, 5) is 0. The van der Waals surface area contributed by atoms with Crippen molar-refractivity contribution in [3.05, 3.63) is 29.8 Å². The van der Waals surface area contributed by atoms with Crippen molar-refractivity contribution in [2.75, 3.05) is 24.7 Å². The lowest BCUT2D eigenvalue weighted by molar-refractivity contribution is 0.129. The summed E-state index contributed by atoms with van der Waals surface area (Å²) in [6.45, 7) is 3.61. The third-order valence-corrected chi connectivity index (χ3v) is 4.45. The standard InChI is InChI=1S/C15H23NO2S/c1-2-17-13-7-5-12(6-8-13)15(16)11-19-10-14-4-3-9-18-14/h5-8,14-15H,2-4,9-11,16H2,1H3. The SMILES string of the molecule is CCOc1ccc(C(N)CSCC2CCCO2)cc1. The molecule has 0 aromatic heterocycles. The second kappa shape index (κ2) is 7.78. The van der Waals surface area contributed by atoms with Crippen LogP contribution in [0.4, 0.5) is 0 Å². The third kappa shape index (κ3) is 4.71. The molecule has 0 aliphatic carbocycles. The largest absolute Gasteiger partial charge is 0.494 e. The van der Waals surface area contributed by atoms with Crippen LogP contribution in [0, 0.1) is 0 Å². The van der Waals surface area contributed by atoms with E-state index in [1.54, 1.807) is 0 Å². The van der Waals surface area contributed by atoms with Gasteiger partial charge in [0.05, 0.1) is 12.7 Å². The van der Waals surface area contributed by atoms with Gasteiger partial charge in [-0.15, -0.1) is 0 Å². The maximum absolute atomic E-state index is 6.20. The lowest BCUT2D eigenvalue weighted by Gasteiger charge is -2.14. The van der Waals surface area contributed by atoms with Crippen molar-refractivity contribution in [3.8, 4) is 5.75 Å². The molecule has 1 aliphatic heterocycles. The molecule has 4 heteroatoms. The number of nitrogens with two attached hydrogens (primary N) is 1. The number of ether oxygens (including phenoxy) is 2. The molecule has 0 radical (unpaired) electrons. The molecule has 2 rings (SSSR count). The molecule has 0 saturated carbocycles. The molecule has 1 heterocycles. The highest BCUT2D eigenvalue weighted by Gasteiger charge is 2.16. The van der Waals surface area contributed by atoms with Crippen molar-refractivity contribution >= 4 is 11.8 Å². The van der Waals surface area contributed by atoms with Crippen LogP contribution < -0.4 is 10.5 Å². The van der Waals surface area contributed by atoms with Gasteiger partial charge in [0, 0.05) is 24.2 Å². The van der Waals surface area contributed by atoms with Gasteiger partial charge in [0.2, 0.25) is 0 Å². The van der Waals surface area contributed by atoms with Crippen molar-refractivity contribution < 1.29 is 9.47 Å². The van der Waals surface area contributed by atoms with Crippen molar-refractivity contribution in [1.82, 2.24) is 0 Å². The van der Waals surface area contributed by atoms with Crippen LogP contribution in [-0.4, -0.2) is 30.8 Å². The van der Waals surface area contributed by atoms with Gasteiger partial charge in [0.25, 0.3) is 0 Å². The Morgan fingerprint density at radius 2 is 2.21 bits per heavy atom. The highest BCUT2D eigenvalue weighted by Crippen LogP contribution is 2.22. The number of hydrogen-bond donors (Lipinski definition) is 1. The van der Waals surface area contributed by atoms with Gasteiger partial charge in [0.15, 0.2) is 0 Å². The Morgan fingerprint density at radius 1 is 1.42 bits per heavy atom. The van der Waals surface area contributed by atoms with E-state index >= 15 is 0 Å². The summed E-state index contributed by atoms with van der Waals surface area (Å²) in [5, 5.41) is 0. The summed E-state index contributed by atoms with van der Waals surface area (Å²) >= 11 is 1.89. The molecule has 0 amide bonds. The Bertz CT molecular complexity index is 363. The summed E-state index contributed by atoms with van der Waals surface area (Å²) in [6.07, 6.45) is 2.85. The zero-order valence-corrected chi connectivity index (χ0v) is 12.3. The summed E-state index contributed by atoms with van der Waals surface area (Å²) in [5.41, 5.74) is 7.37. The third-order valence-electron chi connectivity index (χ3n) is 3.24. The van der Waals surface area contributed by atoms with Gasteiger partial charge in [-0.05, 0) is 37.5 Å². The predicted octanol–water partition coefficient (Wildman–Crippen LogP) is 3.00. The van der Waals surface area contributed by atoms with E-state index in [1.165, 1.54) is 18.4 Å². The minimum atomic E-state index is 0.0853. The fourth-order valence-electron chi connectivity index (χ4n) is 2.18. The average molecular weight is 281 g/mol. The molecule has 2 atom stereocenters. The fourth-order valence-corrected chi connectivity index (χ4v) is 3.28. The van der Waals surface area contributed by atoms with Gasteiger partial charge < -0.3 is 15.2 Å². The lowest BCUT2D eigenvalue weighted by Crippen LogP contribution is -2.15. The molecule has 106 valence electrons. The number of thioether (sulfide) groups is 1. The molecule has 3 nitrogen and oxygen atoms in total. The number of hydrogen-bond acceptors (Lipinski definition) is 4. The maximum Gasteiger partial charge on any atom is 0.119 e. The summed E-state index contributed by atoms with van der Waals surface area (Å²) < 4.78 is 11.0. The Balaban J connectivity index is 1.73. The van der Waals surface area contributed by atoms with E-state index < -0.39 is 0 Å². The first-order chi connectivity index (χ1) is 9.29. The van der Waals surface area contributed by atoms with E-state index in [9.17, 15) is 0 Å². The van der Waals surface area contributed by atoms with E-state index in [-0.39, 0.29) is 6.04 Å². The Labute approximate surface area is 119 Å². The van der Waals surface area contributed by atoms with Gasteiger partial charge in [0.1, 0.15) is 5.75 Å². The van der Waals surface area contributed by atoms with E-state index in [0.29, 0.717) is 12.7 Å². The van der Waals surface area contributed by atoms with Crippen LogP contribution in [-0.2, 0) is 4.74 Å². The summed E-state index contributed by atoms with van der Waals surface area (Å²) in [7, 11) is 0.